The summed E-state index contributed by atoms with van der Waals surface area (Å²) in [4.78, 5) is 19.3. The molecule has 0 aliphatic heterocycles. The van der Waals surface area contributed by atoms with Crippen LogP contribution in [0.5, 0.6) is 5.75 Å². The maximum Gasteiger partial charge on any atom is 0.239 e. The Morgan fingerprint density at radius 3 is 2.85 bits per heavy atom. The number of hydrogen-bond acceptors (Lipinski definition) is 8. The number of carbonyl (C=O) groups is 1. The molecule has 0 unspecified atom stereocenters. The average molecular weight is 365 g/mol. The van der Waals surface area contributed by atoms with E-state index in [1.165, 1.54) is 10.7 Å². The minimum atomic E-state index is -0.468. The first-order chi connectivity index (χ1) is 13.0. The van der Waals surface area contributed by atoms with E-state index in [0.29, 0.717) is 34.5 Å². The molecule has 3 heterocycles. The van der Waals surface area contributed by atoms with E-state index in [1.807, 2.05) is 0 Å². The van der Waals surface area contributed by atoms with E-state index in [0.717, 1.165) is 0 Å². The molecule has 0 radical (unpaired) electrons. The van der Waals surface area contributed by atoms with Gasteiger partial charge in [0.25, 0.3) is 0 Å². The summed E-state index contributed by atoms with van der Waals surface area (Å²) in [6.45, 7) is 0.362. The molecular formula is C16H15N9O2. The number of fused-ring (bicyclic) bond motifs is 1. The minimum Gasteiger partial charge on any atom is -0.506 e. The van der Waals surface area contributed by atoms with E-state index in [1.54, 1.807) is 35.3 Å². The number of phenolic OH excluding ortho intramolecular Hbond substituents is 1. The van der Waals surface area contributed by atoms with Crippen LogP contribution in [0.3, 0.4) is 0 Å². The van der Waals surface area contributed by atoms with Gasteiger partial charge in [-0.3, -0.25) is 9.48 Å². The van der Waals surface area contributed by atoms with E-state index >= 15 is 0 Å². The fraction of sp³-hybridized carbons (Fsp3) is 0.125. The molecule has 0 spiro atoms. The Kier molecular flexibility index (Phi) is 3.88. The Balaban J connectivity index is 1.65. The number of primary amides is 1. The van der Waals surface area contributed by atoms with Crippen LogP contribution >= 0.6 is 0 Å². The molecule has 0 aliphatic carbocycles. The summed E-state index contributed by atoms with van der Waals surface area (Å²) >= 11 is 0. The molecule has 27 heavy (non-hydrogen) atoms. The third-order valence-corrected chi connectivity index (χ3v) is 3.84. The lowest BCUT2D eigenvalue weighted by Crippen LogP contribution is -2.19. The number of rotatable bonds is 5. The molecule has 0 fully saturated rings. The number of phenols is 1. The Bertz CT molecular complexity index is 1150. The van der Waals surface area contributed by atoms with E-state index in [2.05, 4.69) is 25.4 Å². The highest BCUT2D eigenvalue weighted by Crippen LogP contribution is 2.30. The van der Waals surface area contributed by atoms with Gasteiger partial charge in [0.05, 0.1) is 18.4 Å². The average Bonchev–Trinajstić information content (AvgIpc) is 3.24. The first-order valence-electron chi connectivity index (χ1n) is 7.96. The van der Waals surface area contributed by atoms with Crippen LogP contribution in [0, 0.1) is 0 Å². The molecule has 0 saturated carbocycles. The molecule has 11 heteroatoms. The smallest absolute Gasteiger partial charge is 0.239 e. The molecule has 4 rings (SSSR count). The molecule has 11 nitrogen and oxygen atoms in total. The topological polar surface area (TPSA) is 164 Å². The number of hydrogen-bond donors (Lipinski definition) is 3. The Morgan fingerprint density at radius 2 is 2.04 bits per heavy atom. The number of nitrogens with two attached hydrogens (primary N) is 2. The van der Waals surface area contributed by atoms with Crippen molar-refractivity contribution in [2.24, 2.45) is 5.73 Å². The van der Waals surface area contributed by atoms with Crippen LogP contribution in [-0.4, -0.2) is 45.8 Å². The van der Waals surface area contributed by atoms with Crippen LogP contribution in [0.1, 0.15) is 5.69 Å². The van der Waals surface area contributed by atoms with Gasteiger partial charge in [0.2, 0.25) is 11.9 Å². The number of para-hydroxylation sites is 1. The summed E-state index contributed by atoms with van der Waals surface area (Å²) in [5, 5.41) is 23.1. The zero-order valence-electron chi connectivity index (χ0n) is 14.0. The molecule has 1 amide bonds. The highest BCUT2D eigenvalue weighted by atomic mass is 16.3. The number of carbonyl (C=O) groups excluding carboxylic acids is 1. The van der Waals surface area contributed by atoms with Gasteiger partial charge in [-0.25, -0.2) is 14.6 Å². The number of benzene rings is 1. The lowest BCUT2D eigenvalue weighted by atomic mass is 10.1. The molecule has 4 aromatic rings. The molecule has 0 saturated heterocycles. The number of aromatic nitrogens is 7. The maximum atomic E-state index is 10.9. The summed E-state index contributed by atoms with van der Waals surface area (Å²) in [5.41, 5.74) is 12.9. The van der Waals surface area contributed by atoms with Gasteiger partial charge in [0, 0.05) is 11.6 Å². The molecular weight excluding hydrogens is 350 g/mol. The highest BCUT2D eigenvalue weighted by molar-refractivity contribution is 5.95. The van der Waals surface area contributed by atoms with Crippen molar-refractivity contribution in [3.05, 3.63) is 42.4 Å². The van der Waals surface area contributed by atoms with Gasteiger partial charge < -0.3 is 16.6 Å². The van der Waals surface area contributed by atoms with Gasteiger partial charge in [0.15, 0.2) is 0 Å². The minimum absolute atomic E-state index is 0.00947. The molecule has 0 bridgehead atoms. The van der Waals surface area contributed by atoms with Crippen molar-refractivity contribution in [3.8, 4) is 17.1 Å². The molecule has 3 aromatic heterocycles. The van der Waals surface area contributed by atoms with Gasteiger partial charge in [-0.1, -0.05) is 17.3 Å². The first-order valence-corrected chi connectivity index (χ1v) is 7.96. The number of amides is 1. The van der Waals surface area contributed by atoms with Gasteiger partial charge in [0.1, 0.15) is 29.2 Å². The number of nitrogens with zero attached hydrogens (tertiary/aromatic N) is 7. The number of aromatic hydroxyl groups is 1. The SMILES string of the molecule is NC(=O)Cn1ccc(Cn2cc(-c3nc(N)nc4c(O)cccc34)nn2)n1. The second-order valence-corrected chi connectivity index (χ2v) is 5.88. The maximum absolute atomic E-state index is 10.9. The number of nitrogen functional groups attached to an aromatic ring is 1. The predicted molar refractivity (Wildman–Crippen MR) is 95.2 cm³/mol. The van der Waals surface area contributed by atoms with Gasteiger partial charge in [-0.05, 0) is 12.1 Å². The van der Waals surface area contributed by atoms with E-state index < -0.39 is 5.91 Å². The van der Waals surface area contributed by atoms with E-state index in [-0.39, 0.29) is 18.2 Å². The monoisotopic (exact) mass is 365 g/mol. The summed E-state index contributed by atoms with van der Waals surface area (Å²) < 4.78 is 3.04. The van der Waals surface area contributed by atoms with Crippen molar-refractivity contribution in [3.63, 3.8) is 0 Å². The van der Waals surface area contributed by atoms with Gasteiger partial charge in [-0.2, -0.15) is 5.10 Å². The van der Waals surface area contributed by atoms with E-state index in [9.17, 15) is 9.90 Å². The fourth-order valence-corrected chi connectivity index (χ4v) is 2.74. The molecule has 5 N–H and O–H groups in total. The van der Waals surface area contributed by atoms with Crippen LogP contribution in [-0.2, 0) is 17.9 Å². The molecule has 1 aromatic carbocycles. The van der Waals surface area contributed by atoms with Gasteiger partial charge >= 0.3 is 0 Å². The number of anilines is 1. The van der Waals surface area contributed by atoms with Crippen molar-refractivity contribution in [2.75, 3.05) is 5.73 Å². The van der Waals surface area contributed by atoms with E-state index in [4.69, 9.17) is 11.5 Å². The summed E-state index contributed by atoms with van der Waals surface area (Å²) in [7, 11) is 0. The normalized spacial score (nSPS) is 11.1. The van der Waals surface area contributed by atoms with Gasteiger partial charge in [-0.15, -0.1) is 5.10 Å². The van der Waals surface area contributed by atoms with Crippen molar-refractivity contribution >= 4 is 22.8 Å². The second-order valence-electron chi connectivity index (χ2n) is 5.88. The summed E-state index contributed by atoms with van der Waals surface area (Å²) in [5.74, 6) is -0.432. The fourth-order valence-electron chi connectivity index (χ4n) is 2.74. The quantitative estimate of drug-likeness (QED) is 0.441. The largest absolute Gasteiger partial charge is 0.506 e. The Labute approximate surface area is 152 Å². The summed E-state index contributed by atoms with van der Waals surface area (Å²) in [6, 6.07) is 6.75. The standard InChI is InChI=1S/C16H15N9O2/c17-13(27)8-24-5-4-9(22-24)6-25-7-11(21-23-25)14-10-2-1-3-12(26)15(10)20-16(18)19-14/h1-5,7,26H,6,8H2,(H2,17,27)(H2,18,19,20). The summed E-state index contributed by atoms with van der Waals surface area (Å²) in [6.07, 6.45) is 3.36. The van der Waals surface area contributed by atoms with Crippen molar-refractivity contribution in [1.29, 1.82) is 0 Å². The van der Waals surface area contributed by atoms with Crippen LogP contribution in [0.25, 0.3) is 22.3 Å². The lowest BCUT2D eigenvalue weighted by Gasteiger charge is -2.05. The van der Waals surface area contributed by atoms with Crippen LogP contribution in [0.4, 0.5) is 5.95 Å². The van der Waals surface area contributed by atoms with Crippen molar-refractivity contribution in [1.82, 2.24) is 34.7 Å². The van der Waals surface area contributed by atoms with Crippen LogP contribution in [0.2, 0.25) is 0 Å². The zero-order valence-corrected chi connectivity index (χ0v) is 14.0. The third-order valence-electron chi connectivity index (χ3n) is 3.84. The molecule has 136 valence electrons. The molecule has 0 aliphatic rings. The van der Waals surface area contributed by atoms with Crippen molar-refractivity contribution in [2.45, 2.75) is 13.1 Å². The Hall–Kier alpha value is -4.02. The van der Waals surface area contributed by atoms with Crippen LogP contribution < -0.4 is 11.5 Å². The first kappa shape index (κ1) is 16.4. The zero-order chi connectivity index (χ0) is 19.0. The third kappa shape index (κ3) is 3.25. The lowest BCUT2D eigenvalue weighted by molar-refractivity contribution is -0.118. The van der Waals surface area contributed by atoms with Crippen LogP contribution in [0.15, 0.2) is 36.7 Å². The molecule has 0 atom stereocenters. The Morgan fingerprint density at radius 1 is 1.19 bits per heavy atom. The second kappa shape index (κ2) is 6.37. The predicted octanol–water partition coefficient (Wildman–Crippen LogP) is -0.0938. The van der Waals surface area contributed by atoms with Crippen molar-refractivity contribution < 1.29 is 9.90 Å². The highest BCUT2D eigenvalue weighted by Gasteiger charge is 2.14.